The highest BCUT2D eigenvalue weighted by Crippen LogP contribution is 2.16. The molecular formula is C19H23FN2O3S. The van der Waals surface area contributed by atoms with Gasteiger partial charge in [-0.2, -0.15) is 4.31 Å². The van der Waals surface area contributed by atoms with E-state index in [0.717, 1.165) is 22.5 Å². The summed E-state index contributed by atoms with van der Waals surface area (Å²) in [6, 6.07) is 13.6. The molecule has 0 aliphatic heterocycles. The van der Waals surface area contributed by atoms with E-state index >= 15 is 0 Å². The van der Waals surface area contributed by atoms with Gasteiger partial charge >= 0.3 is 0 Å². The van der Waals surface area contributed by atoms with Crippen LogP contribution in [0.25, 0.3) is 0 Å². The number of anilines is 1. The maximum absolute atomic E-state index is 13.7. The van der Waals surface area contributed by atoms with Gasteiger partial charge in [0.1, 0.15) is 5.82 Å². The van der Waals surface area contributed by atoms with Crippen LogP contribution in [0.1, 0.15) is 18.1 Å². The lowest BCUT2D eigenvalue weighted by atomic mass is 10.1. The minimum atomic E-state index is -3.60. The Bertz CT molecular complexity index is 869. The zero-order valence-electron chi connectivity index (χ0n) is 14.9. The van der Waals surface area contributed by atoms with Gasteiger partial charge in [-0.25, -0.2) is 12.8 Å². The summed E-state index contributed by atoms with van der Waals surface area (Å²) in [5.74, 6) is -0.813. The van der Waals surface area contributed by atoms with Crippen LogP contribution >= 0.6 is 0 Å². The third-order valence-corrected chi connectivity index (χ3v) is 5.30. The number of benzene rings is 2. The van der Waals surface area contributed by atoms with Crippen molar-refractivity contribution < 1.29 is 17.6 Å². The summed E-state index contributed by atoms with van der Waals surface area (Å²) < 4.78 is 38.8. The molecule has 26 heavy (non-hydrogen) atoms. The van der Waals surface area contributed by atoms with E-state index in [0.29, 0.717) is 11.3 Å². The summed E-state index contributed by atoms with van der Waals surface area (Å²) in [4.78, 5) is 12.3. The van der Waals surface area contributed by atoms with Gasteiger partial charge in [0.2, 0.25) is 15.9 Å². The smallest absolute Gasteiger partial charge is 0.239 e. The Kier molecular flexibility index (Phi) is 6.88. The summed E-state index contributed by atoms with van der Waals surface area (Å²) in [5, 5.41) is 2.75. The molecule has 2 rings (SSSR count). The first-order chi connectivity index (χ1) is 12.3. The highest BCUT2D eigenvalue weighted by Gasteiger charge is 2.21. The van der Waals surface area contributed by atoms with Gasteiger partial charge in [0, 0.05) is 12.2 Å². The van der Waals surface area contributed by atoms with Crippen LogP contribution in [0, 0.1) is 5.82 Å². The number of hydrogen-bond donors (Lipinski definition) is 1. The molecule has 0 saturated heterocycles. The van der Waals surface area contributed by atoms with Gasteiger partial charge in [-0.15, -0.1) is 0 Å². The fraction of sp³-hybridized carbons (Fsp3) is 0.316. The molecule has 2 aromatic rings. The summed E-state index contributed by atoms with van der Waals surface area (Å²) >= 11 is 0. The molecule has 0 spiro atoms. The van der Waals surface area contributed by atoms with Gasteiger partial charge in [0.05, 0.1) is 12.8 Å². The van der Waals surface area contributed by atoms with Gasteiger partial charge in [-0.1, -0.05) is 43.3 Å². The average Bonchev–Trinajstić information content (AvgIpc) is 2.59. The van der Waals surface area contributed by atoms with Crippen LogP contribution in [0.2, 0.25) is 0 Å². The number of aryl methyl sites for hydroxylation is 1. The highest BCUT2D eigenvalue weighted by molar-refractivity contribution is 7.88. The van der Waals surface area contributed by atoms with Gasteiger partial charge in [0.15, 0.2) is 0 Å². The second-order valence-corrected chi connectivity index (χ2v) is 7.98. The van der Waals surface area contributed by atoms with E-state index in [9.17, 15) is 17.6 Å². The molecule has 140 valence electrons. The number of nitrogens with one attached hydrogen (secondary N) is 1. The molecule has 0 aliphatic rings. The zero-order chi connectivity index (χ0) is 19.2. The first-order valence-corrected chi connectivity index (χ1v) is 10.2. The van der Waals surface area contributed by atoms with Crippen LogP contribution < -0.4 is 5.32 Å². The fourth-order valence-electron chi connectivity index (χ4n) is 2.61. The second kappa shape index (κ2) is 8.91. The van der Waals surface area contributed by atoms with E-state index in [2.05, 4.69) is 5.32 Å². The number of carbonyl (C=O) groups is 1. The Balaban J connectivity index is 2.06. The van der Waals surface area contributed by atoms with Crippen LogP contribution in [-0.2, 0) is 27.7 Å². The molecule has 0 bridgehead atoms. The molecule has 0 aromatic heterocycles. The number of para-hydroxylation sites is 1. The molecule has 5 nitrogen and oxygen atoms in total. The minimum absolute atomic E-state index is 0.0304. The first kappa shape index (κ1) is 20.1. The minimum Gasteiger partial charge on any atom is -0.325 e. The second-order valence-electron chi connectivity index (χ2n) is 6.00. The molecule has 0 saturated carbocycles. The molecule has 0 heterocycles. The molecule has 7 heteroatoms. The van der Waals surface area contributed by atoms with Crippen molar-refractivity contribution in [1.82, 2.24) is 4.31 Å². The highest BCUT2D eigenvalue weighted by atomic mass is 32.2. The van der Waals surface area contributed by atoms with Crippen LogP contribution in [0.3, 0.4) is 0 Å². The lowest BCUT2D eigenvalue weighted by Gasteiger charge is -2.20. The third-order valence-electron chi connectivity index (χ3n) is 4.05. The largest absolute Gasteiger partial charge is 0.325 e. The number of amides is 1. The fourth-order valence-corrected chi connectivity index (χ4v) is 3.38. The molecule has 1 amide bonds. The van der Waals surface area contributed by atoms with E-state index in [4.69, 9.17) is 0 Å². The Labute approximate surface area is 153 Å². The number of carbonyl (C=O) groups excluding carboxylic acids is 1. The first-order valence-electron chi connectivity index (χ1n) is 8.37. The van der Waals surface area contributed by atoms with E-state index in [1.54, 1.807) is 30.3 Å². The molecule has 2 aromatic carbocycles. The van der Waals surface area contributed by atoms with Crippen molar-refractivity contribution >= 4 is 21.6 Å². The Morgan fingerprint density at radius 2 is 1.69 bits per heavy atom. The SMILES string of the molecule is CCc1ccccc1NC(=O)CN(CCc1ccccc1F)S(C)(=O)=O. The summed E-state index contributed by atoms with van der Waals surface area (Å²) in [6.07, 6.45) is 1.99. The number of halogens is 1. The van der Waals surface area contributed by atoms with Crippen molar-refractivity contribution in [2.24, 2.45) is 0 Å². The summed E-state index contributed by atoms with van der Waals surface area (Å²) in [6.45, 7) is 1.69. The quantitative estimate of drug-likeness (QED) is 0.768. The molecule has 0 radical (unpaired) electrons. The molecule has 0 atom stereocenters. The van der Waals surface area contributed by atoms with Crippen molar-refractivity contribution in [3.63, 3.8) is 0 Å². The summed E-state index contributed by atoms with van der Waals surface area (Å²) in [7, 11) is -3.60. The number of sulfonamides is 1. The number of nitrogens with zero attached hydrogens (tertiary/aromatic N) is 1. The van der Waals surface area contributed by atoms with Crippen molar-refractivity contribution in [2.45, 2.75) is 19.8 Å². The predicted molar refractivity (Wildman–Crippen MR) is 101 cm³/mol. The van der Waals surface area contributed by atoms with Crippen molar-refractivity contribution in [3.8, 4) is 0 Å². The topological polar surface area (TPSA) is 66.5 Å². The Hall–Kier alpha value is -2.25. The van der Waals surface area contributed by atoms with Crippen LogP contribution in [0.4, 0.5) is 10.1 Å². The Morgan fingerprint density at radius 1 is 1.08 bits per heavy atom. The maximum Gasteiger partial charge on any atom is 0.239 e. The lowest BCUT2D eigenvalue weighted by Crippen LogP contribution is -2.38. The van der Waals surface area contributed by atoms with E-state index in [-0.39, 0.29) is 25.3 Å². The van der Waals surface area contributed by atoms with E-state index in [1.807, 2.05) is 19.1 Å². The van der Waals surface area contributed by atoms with Crippen LogP contribution in [-0.4, -0.2) is 38.0 Å². The third kappa shape index (κ3) is 5.64. The van der Waals surface area contributed by atoms with Crippen molar-refractivity contribution in [1.29, 1.82) is 0 Å². The molecular weight excluding hydrogens is 355 g/mol. The molecule has 0 fully saturated rings. The monoisotopic (exact) mass is 378 g/mol. The number of hydrogen-bond acceptors (Lipinski definition) is 3. The van der Waals surface area contributed by atoms with Gasteiger partial charge < -0.3 is 5.32 Å². The van der Waals surface area contributed by atoms with Crippen LogP contribution in [0.15, 0.2) is 48.5 Å². The van der Waals surface area contributed by atoms with Gasteiger partial charge in [-0.05, 0) is 36.1 Å². The van der Waals surface area contributed by atoms with E-state index < -0.39 is 15.9 Å². The van der Waals surface area contributed by atoms with Crippen molar-refractivity contribution in [3.05, 3.63) is 65.5 Å². The van der Waals surface area contributed by atoms with Crippen LogP contribution in [0.5, 0.6) is 0 Å². The van der Waals surface area contributed by atoms with Gasteiger partial charge in [-0.3, -0.25) is 4.79 Å². The average molecular weight is 378 g/mol. The van der Waals surface area contributed by atoms with Crippen molar-refractivity contribution in [2.75, 3.05) is 24.7 Å². The molecule has 0 aliphatic carbocycles. The predicted octanol–water partition coefficient (Wildman–Crippen LogP) is 2.83. The summed E-state index contributed by atoms with van der Waals surface area (Å²) in [5.41, 5.74) is 2.05. The normalized spacial score (nSPS) is 11.5. The van der Waals surface area contributed by atoms with E-state index in [1.165, 1.54) is 6.07 Å². The number of rotatable bonds is 8. The Morgan fingerprint density at radius 3 is 2.31 bits per heavy atom. The standard InChI is InChI=1S/C19H23FN2O3S/c1-3-15-8-5-7-11-18(15)21-19(23)14-22(26(2,24)25)13-12-16-9-4-6-10-17(16)20/h4-11H,3,12-14H2,1-2H3,(H,21,23). The molecule has 0 unspecified atom stereocenters. The lowest BCUT2D eigenvalue weighted by molar-refractivity contribution is -0.116. The van der Waals surface area contributed by atoms with Gasteiger partial charge in [0.25, 0.3) is 0 Å². The maximum atomic E-state index is 13.7. The zero-order valence-corrected chi connectivity index (χ0v) is 15.7. The molecule has 1 N–H and O–H groups in total.